The number of fused-ring (bicyclic) bond motifs is 1. The van der Waals surface area contributed by atoms with Crippen molar-refractivity contribution in [1.29, 1.82) is 0 Å². The van der Waals surface area contributed by atoms with Crippen LogP contribution in [0.1, 0.15) is 32.6 Å². The van der Waals surface area contributed by atoms with Gasteiger partial charge in [0.25, 0.3) is 5.91 Å². The van der Waals surface area contributed by atoms with Gasteiger partial charge in [0.05, 0.1) is 17.8 Å². The quantitative estimate of drug-likeness (QED) is 0.258. The molecule has 1 aliphatic rings. The number of amides is 3. The molecule has 12 heteroatoms. The second-order valence-electron chi connectivity index (χ2n) is 10.6. The first-order valence-electron chi connectivity index (χ1n) is 13.4. The van der Waals surface area contributed by atoms with Crippen molar-refractivity contribution in [3.63, 3.8) is 0 Å². The number of rotatable bonds is 7. The van der Waals surface area contributed by atoms with E-state index in [0.29, 0.717) is 28.7 Å². The van der Waals surface area contributed by atoms with Gasteiger partial charge in [0.15, 0.2) is 0 Å². The Kier molecular flexibility index (Phi) is 8.05. The molecule has 0 saturated carbocycles. The van der Waals surface area contributed by atoms with E-state index in [2.05, 4.69) is 25.5 Å². The van der Waals surface area contributed by atoms with Crippen LogP contribution in [0.4, 0.5) is 46.8 Å². The lowest BCUT2D eigenvalue weighted by Gasteiger charge is -2.35. The molecule has 1 aliphatic heterocycles. The SMILES string of the molecule is Cc1ccc(NC(=O)c2cccc(C(F)(F)F)c2)cc1N1Cc2cnc(Nc3ccc(CN(C)C)cc3)nc2N(C)C1=O. The molecule has 5 rings (SSSR count). The van der Waals surface area contributed by atoms with Crippen molar-refractivity contribution in [3.05, 3.63) is 101 Å². The van der Waals surface area contributed by atoms with E-state index in [1.165, 1.54) is 27.5 Å². The van der Waals surface area contributed by atoms with Crippen molar-refractivity contribution in [2.75, 3.05) is 41.6 Å². The Hall–Kier alpha value is -4.97. The molecule has 3 amide bonds. The fourth-order valence-electron chi connectivity index (χ4n) is 4.76. The normalized spacial score (nSPS) is 13.3. The third-order valence-corrected chi connectivity index (χ3v) is 6.92. The van der Waals surface area contributed by atoms with Crippen molar-refractivity contribution >= 4 is 40.8 Å². The van der Waals surface area contributed by atoms with Crippen molar-refractivity contribution in [3.8, 4) is 0 Å². The summed E-state index contributed by atoms with van der Waals surface area (Å²) in [5, 5.41) is 5.82. The van der Waals surface area contributed by atoms with Crippen LogP contribution in [0.2, 0.25) is 0 Å². The summed E-state index contributed by atoms with van der Waals surface area (Å²) in [6.45, 7) is 2.83. The molecular weight excluding hydrogens is 559 g/mol. The number of hydrogen-bond donors (Lipinski definition) is 2. The molecule has 2 heterocycles. The predicted molar refractivity (Wildman–Crippen MR) is 160 cm³/mol. The molecule has 1 aromatic heterocycles. The molecule has 0 bridgehead atoms. The maximum atomic E-state index is 13.5. The smallest absolute Gasteiger partial charge is 0.324 e. The van der Waals surface area contributed by atoms with Gasteiger partial charge >= 0.3 is 12.2 Å². The van der Waals surface area contributed by atoms with Gasteiger partial charge in [-0.1, -0.05) is 24.3 Å². The molecule has 43 heavy (non-hydrogen) atoms. The van der Waals surface area contributed by atoms with Crippen LogP contribution in [0, 0.1) is 6.92 Å². The summed E-state index contributed by atoms with van der Waals surface area (Å²) >= 11 is 0. The number of nitrogens with one attached hydrogen (secondary N) is 2. The summed E-state index contributed by atoms with van der Waals surface area (Å²) in [7, 11) is 5.63. The summed E-state index contributed by atoms with van der Waals surface area (Å²) < 4.78 is 39.3. The Labute approximate surface area is 247 Å². The number of urea groups is 1. The Morgan fingerprint density at radius 3 is 2.44 bits per heavy atom. The van der Waals surface area contributed by atoms with Crippen LogP contribution in [0.5, 0.6) is 0 Å². The molecule has 222 valence electrons. The van der Waals surface area contributed by atoms with E-state index < -0.39 is 17.6 Å². The first-order chi connectivity index (χ1) is 20.4. The third kappa shape index (κ3) is 6.59. The minimum atomic E-state index is -4.57. The first-order valence-corrected chi connectivity index (χ1v) is 13.4. The topological polar surface area (TPSA) is 93.7 Å². The van der Waals surface area contributed by atoms with Crippen molar-refractivity contribution < 1.29 is 22.8 Å². The zero-order chi connectivity index (χ0) is 30.9. The highest BCUT2D eigenvalue weighted by molar-refractivity contribution is 6.07. The van der Waals surface area contributed by atoms with Crippen molar-refractivity contribution in [2.24, 2.45) is 0 Å². The third-order valence-electron chi connectivity index (χ3n) is 6.92. The number of alkyl halides is 3. The van der Waals surface area contributed by atoms with Crippen LogP contribution in [-0.4, -0.2) is 47.9 Å². The second kappa shape index (κ2) is 11.7. The molecule has 3 aromatic carbocycles. The molecule has 0 saturated heterocycles. The Bertz CT molecular complexity index is 1670. The molecule has 9 nitrogen and oxygen atoms in total. The second-order valence-corrected chi connectivity index (χ2v) is 10.6. The van der Waals surface area contributed by atoms with Gasteiger partial charge in [0.1, 0.15) is 5.82 Å². The van der Waals surface area contributed by atoms with Gasteiger partial charge < -0.3 is 15.5 Å². The number of hydrogen-bond acceptors (Lipinski definition) is 6. The van der Waals surface area contributed by atoms with Crippen LogP contribution < -0.4 is 20.4 Å². The zero-order valence-corrected chi connectivity index (χ0v) is 24.0. The summed E-state index contributed by atoms with van der Waals surface area (Å²) in [4.78, 5) is 40.4. The summed E-state index contributed by atoms with van der Waals surface area (Å²) in [5.74, 6) is 0.117. The fraction of sp³-hybridized carbons (Fsp3) is 0.226. The van der Waals surface area contributed by atoms with Gasteiger partial charge in [-0.3, -0.25) is 14.6 Å². The van der Waals surface area contributed by atoms with E-state index in [1.807, 2.05) is 45.3 Å². The number of carbonyl (C=O) groups is 2. The molecular formula is C31H30F3N7O2. The average molecular weight is 590 g/mol. The number of aryl methyl sites for hydroxylation is 1. The van der Waals surface area contributed by atoms with Crippen LogP contribution in [0.3, 0.4) is 0 Å². The molecule has 0 spiro atoms. The molecule has 0 atom stereocenters. The van der Waals surface area contributed by atoms with Gasteiger partial charge in [0.2, 0.25) is 5.95 Å². The van der Waals surface area contributed by atoms with Crippen LogP contribution in [-0.2, 0) is 19.3 Å². The first kappa shape index (κ1) is 29.5. The van der Waals surface area contributed by atoms with Crippen LogP contribution in [0.25, 0.3) is 0 Å². The van der Waals surface area contributed by atoms with E-state index in [-0.39, 0.29) is 18.1 Å². The summed E-state index contributed by atoms with van der Waals surface area (Å²) in [6.07, 6.45) is -2.90. The Balaban J connectivity index is 1.34. The largest absolute Gasteiger partial charge is 0.416 e. The van der Waals surface area contributed by atoms with Crippen LogP contribution >= 0.6 is 0 Å². The molecule has 0 fully saturated rings. The van der Waals surface area contributed by atoms with Gasteiger partial charge in [-0.25, -0.2) is 9.78 Å². The Morgan fingerprint density at radius 2 is 1.74 bits per heavy atom. The van der Waals surface area contributed by atoms with Crippen molar-refractivity contribution in [1.82, 2.24) is 14.9 Å². The Morgan fingerprint density at radius 1 is 1.02 bits per heavy atom. The molecule has 4 aromatic rings. The number of anilines is 5. The monoisotopic (exact) mass is 589 g/mol. The number of aromatic nitrogens is 2. The number of benzene rings is 3. The lowest BCUT2D eigenvalue weighted by atomic mass is 10.1. The van der Waals surface area contributed by atoms with Gasteiger partial charge in [-0.15, -0.1) is 0 Å². The lowest BCUT2D eigenvalue weighted by Crippen LogP contribution is -2.46. The van der Waals surface area contributed by atoms with E-state index >= 15 is 0 Å². The number of nitrogens with zero attached hydrogens (tertiary/aromatic N) is 5. The van der Waals surface area contributed by atoms with Gasteiger partial charge in [0, 0.05) is 42.3 Å². The van der Waals surface area contributed by atoms with E-state index in [0.717, 1.165) is 29.9 Å². The minimum absolute atomic E-state index is 0.134. The highest BCUT2D eigenvalue weighted by Crippen LogP contribution is 2.34. The lowest BCUT2D eigenvalue weighted by molar-refractivity contribution is -0.137. The molecule has 0 aliphatic carbocycles. The maximum Gasteiger partial charge on any atom is 0.416 e. The molecule has 0 radical (unpaired) electrons. The highest BCUT2D eigenvalue weighted by Gasteiger charge is 2.32. The number of carbonyl (C=O) groups excluding carboxylic acids is 2. The fourth-order valence-corrected chi connectivity index (χ4v) is 4.76. The van der Waals surface area contributed by atoms with Gasteiger partial charge in [-0.05, 0) is 74.6 Å². The van der Waals surface area contributed by atoms with E-state index in [9.17, 15) is 22.8 Å². The van der Waals surface area contributed by atoms with Crippen LogP contribution in [0.15, 0.2) is 72.9 Å². The summed E-state index contributed by atoms with van der Waals surface area (Å²) in [6, 6.07) is 16.8. The highest BCUT2D eigenvalue weighted by atomic mass is 19.4. The number of halogens is 3. The van der Waals surface area contributed by atoms with Gasteiger partial charge in [-0.2, -0.15) is 18.2 Å². The van der Waals surface area contributed by atoms with Crippen molar-refractivity contribution in [2.45, 2.75) is 26.2 Å². The zero-order valence-electron chi connectivity index (χ0n) is 24.0. The average Bonchev–Trinajstić information content (AvgIpc) is 2.96. The standard InChI is InChI=1S/C31H30F3N7O2/c1-19-8-11-25(36-28(42)21-6-5-7-23(14-21)31(32,33)34)15-26(19)41-18-22-16-35-29(38-27(22)40(4)30(41)43)37-24-12-9-20(10-13-24)17-39(2)3/h5-16H,17-18H2,1-4H3,(H,36,42)(H,35,37,38). The van der Waals surface area contributed by atoms with E-state index in [1.54, 1.807) is 31.4 Å². The summed E-state index contributed by atoms with van der Waals surface area (Å²) in [5.41, 5.74) is 3.27. The predicted octanol–water partition coefficient (Wildman–Crippen LogP) is 6.44. The molecule has 0 unspecified atom stereocenters. The van der Waals surface area contributed by atoms with E-state index in [4.69, 9.17) is 0 Å². The minimum Gasteiger partial charge on any atom is -0.324 e. The molecule has 2 N–H and O–H groups in total. The maximum absolute atomic E-state index is 13.5.